The minimum atomic E-state index is -1.93. The maximum absolute atomic E-state index is 6.99. The summed E-state index contributed by atoms with van der Waals surface area (Å²) in [6, 6.07) is 16.1. The van der Waals surface area contributed by atoms with E-state index in [-0.39, 0.29) is 12.2 Å². The Hall–Kier alpha value is -2.12. The SMILES string of the molecule is CC[C@H](/C=C(\C)[C@H](C[C@H](C)OCc1ccc(OC)cc1)OCc1cccc(OC)c1)CO[Si](C(C)C)(C(C)C)C(C)C. The van der Waals surface area contributed by atoms with E-state index in [0.29, 0.717) is 35.8 Å². The molecule has 236 valence electrons. The van der Waals surface area contributed by atoms with Crippen LogP contribution in [-0.4, -0.2) is 41.4 Å². The van der Waals surface area contributed by atoms with E-state index in [1.807, 2.05) is 42.5 Å². The first-order valence-corrected chi connectivity index (χ1v) is 17.9. The van der Waals surface area contributed by atoms with E-state index < -0.39 is 8.32 Å². The molecule has 42 heavy (non-hydrogen) atoms. The second kappa shape index (κ2) is 17.9. The van der Waals surface area contributed by atoms with Crippen molar-refractivity contribution in [3.05, 3.63) is 71.3 Å². The summed E-state index contributed by atoms with van der Waals surface area (Å²) in [6.45, 7) is 22.5. The second-order valence-electron chi connectivity index (χ2n) is 12.6. The molecule has 0 aliphatic heterocycles. The van der Waals surface area contributed by atoms with Crippen molar-refractivity contribution < 1.29 is 23.4 Å². The van der Waals surface area contributed by atoms with Gasteiger partial charge in [-0.1, -0.05) is 78.8 Å². The smallest absolute Gasteiger partial charge is 0.200 e. The van der Waals surface area contributed by atoms with Gasteiger partial charge < -0.3 is 23.4 Å². The molecule has 0 fully saturated rings. The topological polar surface area (TPSA) is 46.2 Å². The third-order valence-electron chi connectivity index (χ3n) is 8.61. The van der Waals surface area contributed by atoms with Crippen LogP contribution >= 0.6 is 0 Å². The van der Waals surface area contributed by atoms with Gasteiger partial charge in [0.05, 0.1) is 39.6 Å². The minimum absolute atomic E-state index is 0.0185. The summed E-state index contributed by atoms with van der Waals surface area (Å²) in [4.78, 5) is 0. The minimum Gasteiger partial charge on any atom is -0.497 e. The molecule has 6 heteroatoms. The van der Waals surface area contributed by atoms with Crippen LogP contribution in [0.5, 0.6) is 11.5 Å². The van der Waals surface area contributed by atoms with Crippen molar-refractivity contribution in [3.8, 4) is 11.5 Å². The van der Waals surface area contributed by atoms with E-state index in [9.17, 15) is 0 Å². The van der Waals surface area contributed by atoms with Gasteiger partial charge in [0.2, 0.25) is 0 Å². The van der Waals surface area contributed by atoms with E-state index >= 15 is 0 Å². The van der Waals surface area contributed by atoms with Crippen LogP contribution in [0.1, 0.15) is 86.3 Å². The highest BCUT2D eigenvalue weighted by Gasteiger charge is 2.45. The van der Waals surface area contributed by atoms with Gasteiger partial charge in [-0.15, -0.1) is 0 Å². The Bertz CT molecular complexity index is 1040. The summed E-state index contributed by atoms with van der Waals surface area (Å²) in [7, 11) is 1.45. The van der Waals surface area contributed by atoms with Crippen molar-refractivity contribution in [1.82, 2.24) is 0 Å². The molecule has 0 amide bonds. The predicted octanol–water partition coefficient (Wildman–Crippen LogP) is 9.75. The maximum Gasteiger partial charge on any atom is 0.200 e. The lowest BCUT2D eigenvalue weighted by atomic mass is 9.98. The number of ether oxygens (including phenoxy) is 4. The third-order valence-corrected chi connectivity index (χ3v) is 14.7. The molecule has 0 radical (unpaired) electrons. The van der Waals surface area contributed by atoms with Crippen LogP contribution < -0.4 is 9.47 Å². The van der Waals surface area contributed by atoms with Gasteiger partial charge in [-0.25, -0.2) is 0 Å². The molecule has 2 aromatic carbocycles. The lowest BCUT2D eigenvalue weighted by molar-refractivity contribution is -0.00881. The molecular formula is C36H58O5Si. The van der Waals surface area contributed by atoms with Crippen molar-refractivity contribution in [2.75, 3.05) is 20.8 Å². The van der Waals surface area contributed by atoms with E-state index in [0.717, 1.165) is 42.1 Å². The summed E-state index contributed by atoms with van der Waals surface area (Å²) >= 11 is 0. The lowest BCUT2D eigenvalue weighted by Gasteiger charge is -2.43. The maximum atomic E-state index is 6.99. The first kappa shape index (κ1) is 36.1. The Morgan fingerprint density at radius 2 is 1.36 bits per heavy atom. The zero-order chi connectivity index (χ0) is 31.3. The van der Waals surface area contributed by atoms with Gasteiger partial charge in [-0.3, -0.25) is 0 Å². The van der Waals surface area contributed by atoms with Gasteiger partial charge >= 0.3 is 0 Å². The number of hydrogen-bond acceptors (Lipinski definition) is 5. The highest BCUT2D eigenvalue weighted by molar-refractivity contribution is 6.77. The van der Waals surface area contributed by atoms with Crippen LogP contribution in [0.4, 0.5) is 0 Å². The largest absolute Gasteiger partial charge is 0.497 e. The van der Waals surface area contributed by atoms with Gasteiger partial charge in [0.1, 0.15) is 11.5 Å². The average molecular weight is 599 g/mol. The molecule has 0 aliphatic carbocycles. The monoisotopic (exact) mass is 598 g/mol. The van der Waals surface area contributed by atoms with Crippen LogP contribution in [0.2, 0.25) is 16.6 Å². The number of benzene rings is 2. The van der Waals surface area contributed by atoms with E-state index in [4.69, 9.17) is 23.4 Å². The fourth-order valence-corrected chi connectivity index (χ4v) is 11.7. The molecule has 3 atom stereocenters. The van der Waals surface area contributed by atoms with Gasteiger partial charge in [-0.2, -0.15) is 0 Å². The molecule has 0 N–H and O–H groups in total. The molecule has 0 unspecified atom stereocenters. The van der Waals surface area contributed by atoms with Gasteiger partial charge in [0.25, 0.3) is 0 Å². The van der Waals surface area contributed by atoms with Gasteiger partial charge in [0, 0.05) is 13.0 Å². The fourth-order valence-electron chi connectivity index (χ4n) is 6.19. The van der Waals surface area contributed by atoms with Crippen molar-refractivity contribution >= 4 is 8.32 Å². The van der Waals surface area contributed by atoms with Crippen LogP contribution in [-0.2, 0) is 27.1 Å². The zero-order valence-electron chi connectivity index (χ0n) is 28.2. The van der Waals surface area contributed by atoms with Gasteiger partial charge in [0.15, 0.2) is 8.32 Å². The molecule has 0 saturated carbocycles. The molecule has 0 bridgehead atoms. The first-order valence-electron chi connectivity index (χ1n) is 15.8. The van der Waals surface area contributed by atoms with Crippen molar-refractivity contribution in [1.29, 1.82) is 0 Å². The molecule has 0 heterocycles. The summed E-state index contributed by atoms with van der Waals surface area (Å²) < 4.78 is 30.6. The molecule has 2 aromatic rings. The average Bonchev–Trinajstić information content (AvgIpc) is 2.97. The van der Waals surface area contributed by atoms with Crippen LogP contribution in [0, 0.1) is 5.92 Å². The summed E-state index contributed by atoms with van der Waals surface area (Å²) in [6.07, 6.45) is 4.14. The van der Waals surface area contributed by atoms with Gasteiger partial charge in [-0.05, 0) is 83.8 Å². The second-order valence-corrected chi connectivity index (χ2v) is 18.0. The Labute approximate surface area is 258 Å². The molecular weight excluding hydrogens is 540 g/mol. The molecule has 0 spiro atoms. The van der Waals surface area contributed by atoms with Crippen LogP contribution in [0.15, 0.2) is 60.2 Å². The fraction of sp³-hybridized carbons (Fsp3) is 0.611. The number of rotatable bonds is 19. The summed E-state index contributed by atoms with van der Waals surface area (Å²) in [5.74, 6) is 2.03. The van der Waals surface area contributed by atoms with E-state index in [1.54, 1.807) is 14.2 Å². The Balaban J connectivity index is 2.19. The van der Waals surface area contributed by atoms with Crippen molar-refractivity contribution in [2.45, 2.75) is 117 Å². The van der Waals surface area contributed by atoms with E-state index in [1.165, 1.54) is 5.57 Å². The predicted molar refractivity (Wildman–Crippen MR) is 178 cm³/mol. The normalized spacial score (nSPS) is 14.9. The Morgan fingerprint density at radius 1 is 0.762 bits per heavy atom. The van der Waals surface area contributed by atoms with Crippen LogP contribution in [0.3, 0.4) is 0 Å². The quantitative estimate of drug-likeness (QED) is 0.119. The summed E-state index contributed by atoms with van der Waals surface area (Å²) in [5.41, 5.74) is 5.17. The third kappa shape index (κ3) is 10.5. The molecule has 0 saturated heterocycles. The standard InChI is InChI=1S/C36H58O5Si/c1-12-31(25-41-42(26(2)3,27(4)5)28(6)7)20-29(8)36(40-24-33-14-13-15-35(22-33)38-11)21-30(9)39-23-32-16-18-34(37-10)19-17-32/h13-20,22,26-28,30-31,36H,12,21,23-25H2,1-11H3/b29-20+/t30-,31+,36-/m0/s1. The van der Waals surface area contributed by atoms with Crippen LogP contribution in [0.25, 0.3) is 0 Å². The Kier molecular flexibility index (Phi) is 15.3. The number of hydrogen-bond donors (Lipinski definition) is 0. The molecule has 0 aliphatic rings. The first-order chi connectivity index (χ1) is 20.0. The summed E-state index contributed by atoms with van der Waals surface area (Å²) in [5, 5.41) is 0. The highest BCUT2D eigenvalue weighted by Crippen LogP contribution is 2.42. The zero-order valence-corrected chi connectivity index (χ0v) is 29.2. The molecule has 5 nitrogen and oxygen atoms in total. The van der Waals surface area contributed by atoms with Crippen molar-refractivity contribution in [3.63, 3.8) is 0 Å². The Morgan fingerprint density at radius 3 is 1.90 bits per heavy atom. The van der Waals surface area contributed by atoms with Crippen molar-refractivity contribution in [2.24, 2.45) is 5.92 Å². The highest BCUT2D eigenvalue weighted by atomic mass is 28.4. The molecule has 2 rings (SSSR count). The lowest BCUT2D eigenvalue weighted by Crippen LogP contribution is -2.48. The number of methoxy groups -OCH3 is 2. The molecule has 0 aromatic heterocycles. The van der Waals surface area contributed by atoms with E-state index in [2.05, 4.69) is 74.5 Å².